The van der Waals surface area contributed by atoms with E-state index in [-0.39, 0.29) is 6.10 Å². The lowest BCUT2D eigenvalue weighted by Gasteiger charge is -2.44. The zero-order chi connectivity index (χ0) is 18.8. The third-order valence-corrected chi connectivity index (χ3v) is 8.78. The predicted molar refractivity (Wildman–Crippen MR) is 104 cm³/mol. The summed E-state index contributed by atoms with van der Waals surface area (Å²) < 4.78 is 12.7. The van der Waals surface area contributed by atoms with Gasteiger partial charge in [-0.25, -0.2) is 4.79 Å². The van der Waals surface area contributed by atoms with Gasteiger partial charge >= 0.3 is 5.97 Å². The van der Waals surface area contributed by atoms with Gasteiger partial charge in [-0.3, -0.25) is 0 Å². The molecule has 3 aliphatic heterocycles. The highest BCUT2D eigenvalue weighted by Crippen LogP contribution is 2.50. The Labute approximate surface area is 166 Å². The molecule has 5 nitrogen and oxygen atoms in total. The summed E-state index contributed by atoms with van der Waals surface area (Å²) in [6.45, 7) is 0.822. The first-order chi connectivity index (χ1) is 12.9. The molecule has 0 amide bonds. The normalized spacial score (nSPS) is 34.0. The van der Waals surface area contributed by atoms with Gasteiger partial charge in [0, 0.05) is 12.8 Å². The van der Waals surface area contributed by atoms with Gasteiger partial charge in [-0.15, -0.1) is 22.7 Å². The van der Waals surface area contributed by atoms with Gasteiger partial charge in [-0.2, -0.15) is 0 Å². The van der Waals surface area contributed by atoms with E-state index < -0.39 is 11.6 Å². The van der Waals surface area contributed by atoms with E-state index in [0.29, 0.717) is 33.9 Å². The Kier molecular flexibility index (Phi) is 4.04. The molecule has 5 rings (SSSR count). The van der Waals surface area contributed by atoms with Gasteiger partial charge in [-0.05, 0) is 22.9 Å². The monoisotopic (exact) mass is 406 g/mol. The lowest BCUT2D eigenvalue weighted by molar-refractivity contribution is -0.933. The van der Waals surface area contributed by atoms with Crippen LogP contribution in [0.15, 0.2) is 35.0 Å². The van der Waals surface area contributed by atoms with Crippen molar-refractivity contribution in [2.75, 3.05) is 20.7 Å². The molecule has 0 spiro atoms. The van der Waals surface area contributed by atoms with Gasteiger partial charge in [0.15, 0.2) is 0 Å². The van der Waals surface area contributed by atoms with Crippen molar-refractivity contribution in [2.24, 2.45) is 5.92 Å². The molecule has 27 heavy (non-hydrogen) atoms. The summed E-state index contributed by atoms with van der Waals surface area (Å²) in [5, 5.41) is 15.2. The summed E-state index contributed by atoms with van der Waals surface area (Å²) in [7, 11) is 4.53. The molecule has 0 aliphatic carbocycles. The Morgan fingerprint density at radius 1 is 1.19 bits per heavy atom. The number of carbonyl (C=O) groups is 1. The van der Waals surface area contributed by atoms with Crippen molar-refractivity contribution in [1.29, 1.82) is 0 Å². The number of hydrogen-bond acceptors (Lipinski definition) is 6. The molecule has 3 aliphatic rings. The molecule has 5 atom stereocenters. The molecule has 0 aromatic carbocycles. The number of ether oxygens (including phenoxy) is 2. The number of quaternary nitrogens is 1. The fourth-order valence-corrected chi connectivity index (χ4v) is 6.99. The minimum Gasteiger partial charge on any atom is -0.459 e. The lowest BCUT2D eigenvalue weighted by atomic mass is 9.92. The molecule has 3 saturated heterocycles. The van der Waals surface area contributed by atoms with Crippen LogP contribution in [0.5, 0.6) is 0 Å². The van der Waals surface area contributed by atoms with Gasteiger partial charge in [0.25, 0.3) is 0 Å². The third kappa shape index (κ3) is 2.49. The first-order valence-electron chi connectivity index (χ1n) is 9.38. The zero-order valence-corrected chi connectivity index (χ0v) is 17.0. The van der Waals surface area contributed by atoms with Crippen LogP contribution in [-0.4, -0.2) is 60.6 Å². The Balaban J connectivity index is 1.40. The number of piperidine rings is 1. The van der Waals surface area contributed by atoms with Crippen molar-refractivity contribution in [3.05, 3.63) is 44.8 Å². The third-order valence-electron chi connectivity index (χ3n) is 6.82. The summed E-state index contributed by atoms with van der Waals surface area (Å²) >= 11 is 2.75. The van der Waals surface area contributed by atoms with Crippen LogP contribution in [0.3, 0.4) is 0 Å². The zero-order valence-electron chi connectivity index (χ0n) is 15.4. The fraction of sp³-hybridized carbons (Fsp3) is 0.550. The number of aliphatic hydroxyl groups is 1. The molecule has 7 heteroatoms. The number of rotatable bonds is 4. The summed E-state index contributed by atoms with van der Waals surface area (Å²) in [6.07, 6.45) is 1.76. The van der Waals surface area contributed by atoms with E-state index in [4.69, 9.17) is 9.47 Å². The molecule has 2 aromatic heterocycles. The van der Waals surface area contributed by atoms with Crippen LogP contribution in [-0.2, 0) is 19.9 Å². The van der Waals surface area contributed by atoms with Gasteiger partial charge in [-0.1, -0.05) is 12.1 Å². The van der Waals surface area contributed by atoms with Crippen LogP contribution in [0, 0.1) is 5.92 Å². The van der Waals surface area contributed by atoms with Gasteiger partial charge < -0.3 is 19.1 Å². The molecule has 0 saturated carbocycles. The average Bonchev–Trinajstić information content (AvgIpc) is 3.31. The van der Waals surface area contributed by atoms with Crippen LogP contribution >= 0.6 is 22.7 Å². The van der Waals surface area contributed by atoms with Crippen LogP contribution < -0.4 is 0 Å². The first kappa shape index (κ1) is 17.8. The largest absolute Gasteiger partial charge is 0.459 e. The van der Waals surface area contributed by atoms with Crippen LogP contribution in [0.2, 0.25) is 0 Å². The van der Waals surface area contributed by atoms with Crippen molar-refractivity contribution < 1.29 is 23.9 Å². The summed E-state index contributed by atoms with van der Waals surface area (Å²) in [5.41, 5.74) is -1.72. The number of thiophene rings is 2. The molecule has 4 unspecified atom stereocenters. The van der Waals surface area contributed by atoms with Crippen molar-refractivity contribution in [1.82, 2.24) is 0 Å². The summed E-state index contributed by atoms with van der Waals surface area (Å²) in [4.78, 5) is 14.4. The minimum absolute atomic E-state index is 0.167. The highest BCUT2D eigenvalue weighted by atomic mass is 32.1. The van der Waals surface area contributed by atoms with Crippen molar-refractivity contribution in [2.45, 2.75) is 42.7 Å². The Morgan fingerprint density at radius 3 is 2.30 bits per heavy atom. The number of esters is 1. The minimum atomic E-state index is -1.72. The lowest BCUT2D eigenvalue weighted by Crippen LogP contribution is -2.58. The average molecular weight is 407 g/mol. The second-order valence-corrected chi connectivity index (χ2v) is 10.3. The Bertz CT molecular complexity index is 776. The SMILES string of the molecule is C[N+]1(C)C2C[C@@H](OC(=O)C(O)(c3cccs3)c3cccs3)CC1C1OCC12. The molecule has 3 fully saturated rings. The standard InChI is InChI=1S/C20H24NO4S2/c1-21(2)14-9-12(10-15(21)18-13(14)11-24-18)25-19(22)20(23,16-5-3-7-26-16)17-6-4-8-27-17/h3-8,12-15,18,23H,9-11H2,1-2H3/q+1/t12-,13?,14?,15?,18?/m1/s1. The van der Waals surface area contributed by atoms with E-state index in [1.54, 1.807) is 12.1 Å². The first-order valence-corrected chi connectivity index (χ1v) is 11.1. The van der Waals surface area contributed by atoms with Crippen molar-refractivity contribution in [3.63, 3.8) is 0 Å². The van der Waals surface area contributed by atoms with Crippen LogP contribution in [0.1, 0.15) is 22.6 Å². The van der Waals surface area contributed by atoms with Crippen molar-refractivity contribution in [3.8, 4) is 0 Å². The highest BCUT2D eigenvalue weighted by molar-refractivity contribution is 7.12. The van der Waals surface area contributed by atoms with Gasteiger partial charge in [0.2, 0.25) is 5.60 Å². The molecular weight excluding hydrogens is 382 g/mol. The molecule has 1 N–H and O–H groups in total. The number of nitrogens with zero attached hydrogens (tertiary/aromatic N) is 1. The highest BCUT2D eigenvalue weighted by Gasteiger charge is 2.65. The molecule has 2 aromatic rings. The molecular formula is C20H24NO4S2+. The van der Waals surface area contributed by atoms with Gasteiger partial charge in [0.1, 0.15) is 24.3 Å². The maximum Gasteiger partial charge on any atom is 0.349 e. The maximum absolute atomic E-state index is 13.2. The van der Waals surface area contributed by atoms with E-state index in [0.717, 1.165) is 23.9 Å². The van der Waals surface area contributed by atoms with E-state index in [9.17, 15) is 9.90 Å². The molecule has 0 radical (unpaired) electrons. The Hall–Kier alpha value is -1.25. The van der Waals surface area contributed by atoms with E-state index in [1.807, 2.05) is 22.9 Å². The number of hydrogen-bond donors (Lipinski definition) is 1. The topological polar surface area (TPSA) is 55.8 Å². The van der Waals surface area contributed by atoms with Crippen LogP contribution in [0.25, 0.3) is 0 Å². The van der Waals surface area contributed by atoms with Crippen LogP contribution in [0.4, 0.5) is 0 Å². The number of fused-ring (bicyclic) bond motifs is 5. The van der Waals surface area contributed by atoms with E-state index in [2.05, 4.69) is 14.1 Å². The quantitative estimate of drug-likeness (QED) is 0.626. The number of carbonyl (C=O) groups excluding carboxylic acids is 1. The molecule has 2 bridgehead atoms. The number of likely N-dealkylation sites (N-methyl/N-ethyl adjacent to an activating group) is 1. The molecule has 5 heterocycles. The second kappa shape index (κ2) is 6.12. The second-order valence-electron chi connectivity index (χ2n) is 8.39. The van der Waals surface area contributed by atoms with E-state index >= 15 is 0 Å². The van der Waals surface area contributed by atoms with Crippen molar-refractivity contribution >= 4 is 28.6 Å². The smallest absolute Gasteiger partial charge is 0.349 e. The van der Waals surface area contributed by atoms with E-state index in [1.165, 1.54) is 22.7 Å². The Morgan fingerprint density at radius 2 is 1.81 bits per heavy atom. The summed E-state index contributed by atoms with van der Waals surface area (Å²) in [6, 6.07) is 8.10. The fourth-order valence-electron chi connectivity index (χ4n) is 5.27. The maximum atomic E-state index is 13.2. The predicted octanol–water partition coefficient (Wildman–Crippen LogP) is 2.59. The van der Waals surface area contributed by atoms with Gasteiger partial charge in [0.05, 0.1) is 36.4 Å². The summed E-state index contributed by atoms with van der Waals surface area (Å²) in [5.74, 6) is 0.0134. The molecule has 144 valence electrons.